The zero-order valence-electron chi connectivity index (χ0n) is 18.1. The van der Waals surface area contributed by atoms with E-state index in [2.05, 4.69) is 4.72 Å². The molecular formula is C25H26N4O3S. The van der Waals surface area contributed by atoms with Crippen molar-refractivity contribution in [2.75, 3.05) is 16.2 Å². The highest BCUT2D eigenvalue weighted by Crippen LogP contribution is 2.31. The van der Waals surface area contributed by atoms with Gasteiger partial charge in [-0.25, -0.2) is 8.42 Å². The van der Waals surface area contributed by atoms with Crippen LogP contribution in [0.25, 0.3) is 0 Å². The molecule has 1 aliphatic heterocycles. The van der Waals surface area contributed by atoms with Crippen molar-refractivity contribution in [2.24, 2.45) is 5.73 Å². The number of nitrogens with two attached hydrogens (primary N) is 1. The van der Waals surface area contributed by atoms with Crippen LogP contribution < -0.4 is 15.4 Å². The molecule has 0 aromatic heterocycles. The van der Waals surface area contributed by atoms with Crippen LogP contribution in [0.5, 0.6) is 0 Å². The number of carbonyl (C=O) groups is 1. The van der Waals surface area contributed by atoms with Crippen molar-refractivity contribution in [1.82, 2.24) is 0 Å². The van der Waals surface area contributed by atoms with E-state index in [9.17, 15) is 13.2 Å². The van der Waals surface area contributed by atoms with Crippen LogP contribution in [0.4, 0.5) is 11.4 Å². The zero-order chi connectivity index (χ0) is 23.4. The highest BCUT2D eigenvalue weighted by molar-refractivity contribution is 7.92. The van der Waals surface area contributed by atoms with Crippen molar-refractivity contribution in [3.8, 4) is 0 Å². The molecule has 4 N–H and O–H groups in total. The van der Waals surface area contributed by atoms with Gasteiger partial charge in [0.1, 0.15) is 5.84 Å². The number of nitrogen functional groups attached to an aromatic ring is 1. The zero-order valence-corrected chi connectivity index (χ0v) is 18.9. The van der Waals surface area contributed by atoms with E-state index < -0.39 is 10.0 Å². The van der Waals surface area contributed by atoms with Crippen LogP contribution >= 0.6 is 0 Å². The first-order valence-corrected chi connectivity index (χ1v) is 12.3. The molecule has 0 bridgehead atoms. The molecule has 0 unspecified atom stereocenters. The van der Waals surface area contributed by atoms with E-state index in [-0.39, 0.29) is 16.6 Å². The largest absolute Gasteiger partial charge is 0.384 e. The summed E-state index contributed by atoms with van der Waals surface area (Å²) < 4.78 is 27.9. The lowest BCUT2D eigenvalue weighted by atomic mass is 9.99. The topological polar surface area (TPSA) is 116 Å². The van der Waals surface area contributed by atoms with E-state index in [1.165, 1.54) is 0 Å². The molecule has 0 radical (unpaired) electrons. The Morgan fingerprint density at radius 1 is 1.03 bits per heavy atom. The molecule has 0 saturated heterocycles. The monoisotopic (exact) mass is 462 g/mol. The molecule has 0 atom stereocenters. The third kappa shape index (κ3) is 5.06. The van der Waals surface area contributed by atoms with E-state index >= 15 is 0 Å². The van der Waals surface area contributed by atoms with Crippen molar-refractivity contribution < 1.29 is 13.2 Å². The van der Waals surface area contributed by atoms with Gasteiger partial charge in [0.05, 0.1) is 4.90 Å². The van der Waals surface area contributed by atoms with E-state index in [4.69, 9.17) is 11.1 Å². The van der Waals surface area contributed by atoms with Crippen LogP contribution in [0.2, 0.25) is 0 Å². The molecule has 33 heavy (non-hydrogen) atoms. The third-order valence-corrected chi connectivity index (χ3v) is 7.12. The number of rotatable bonds is 7. The summed E-state index contributed by atoms with van der Waals surface area (Å²) in [7, 11) is -3.68. The molecule has 8 heteroatoms. The van der Waals surface area contributed by atoms with Gasteiger partial charge in [-0.3, -0.25) is 14.9 Å². The minimum absolute atomic E-state index is 0.00748. The fraction of sp³-hybridized carbons (Fsp3) is 0.200. The summed E-state index contributed by atoms with van der Waals surface area (Å²) in [6.45, 7) is 0.620. The summed E-state index contributed by atoms with van der Waals surface area (Å²) in [4.78, 5) is 15.0. The van der Waals surface area contributed by atoms with E-state index in [1.807, 2.05) is 18.2 Å². The number of benzene rings is 3. The predicted molar refractivity (Wildman–Crippen MR) is 130 cm³/mol. The molecule has 3 aromatic carbocycles. The lowest BCUT2D eigenvalue weighted by Crippen LogP contribution is -2.35. The predicted octanol–water partition coefficient (Wildman–Crippen LogP) is 3.68. The fourth-order valence-electron chi connectivity index (χ4n) is 4.11. The number of aryl methyl sites for hydroxylation is 2. The van der Waals surface area contributed by atoms with Crippen molar-refractivity contribution in [2.45, 2.75) is 30.6 Å². The number of amidine groups is 1. The van der Waals surface area contributed by atoms with E-state index in [0.29, 0.717) is 30.6 Å². The number of nitrogens with zero attached hydrogens (tertiary/aromatic N) is 1. The Bertz CT molecular complexity index is 1290. The van der Waals surface area contributed by atoms with Gasteiger partial charge >= 0.3 is 0 Å². The maximum Gasteiger partial charge on any atom is 0.261 e. The molecular weight excluding hydrogens is 436 g/mol. The Morgan fingerprint density at radius 2 is 1.76 bits per heavy atom. The van der Waals surface area contributed by atoms with Gasteiger partial charge in [-0.15, -0.1) is 0 Å². The average molecular weight is 463 g/mol. The molecule has 0 saturated carbocycles. The maximum atomic E-state index is 13.0. The van der Waals surface area contributed by atoms with Gasteiger partial charge in [-0.1, -0.05) is 42.5 Å². The van der Waals surface area contributed by atoms with E-state index in [1.54, 1.807) is 59.5 Å². The summed E-state index contributed by atoms with van der Waals surface area (Å²) in [6.07, 6.45) is 2.37. The van der Waals surface area contributed by atoms with E-state index in [0.717, 1.165) is 29.7 Å². The van der Waals surface area contributed by atoms with Crippen molar-refractivity contribution >= 4 is 33.1 Å². The van der Waals surface area contributed by atoms with Gasteiger partial charge in [0.15, 0.2) is 0 Å². The van der Waals surface area contributed by atoms with Gasteiger partial charge in [-0.05, 0) is 60.7 Å². The highest BCUT2D eigenvalue weighted by atomic mass is 32.2. The number of sulfonamides is 1. The van der Waals surface area contributed by atoms with Crippen molar-refractivity contribution in [3.05, 3.63) is 89.5 Å². The average Bonchev–Trinajstić information content (AvgIpc) is 2.82. The summed E-state index contributed by atoms with van der Waals surface area (Å²) in [5.74, 6) is -0.0150. The van der Waals surface area contributed by atoms with Gasteiger partial charge in [0.25, 0.3) is 10.0 Å². The molecule has 1 heterocycles. The Kier molecular flexibility index (Phi) is 6.46. The highest BCUT2D eigenvalue weighted by Gasteiger charge is 2.23. The summed E-state index contributed by atoms with van der Waals surface area (Å²) in [6, 6.07) is 20.9. The molecule has 7 nitrogen and oxygen atoms in total. The third-order valence-electron chi connectivity index (χ3n) is 5.72. The second kappa shape index (κ2) is 9.46. The Morgan fingerprint density at radius 3 is 2.52 bits per heavy atom. The number of hydrogen-bond acceptors (Lipinski definition) is 4. The normalized spacial score (nSPS) is 13.3. The lowest BCUT2D eigenvalue weighted by molar-refractivity contribution is -0.118. The number of carbonyl (C=O) groups excluding carboxylic acids is 1. The van der Waals surface area contributed by atoms with Crippen LogP contribution in [-0.4, -0.2) is 26.7 Å². The number of amides is 1. The van der Waals surface area contributed by atoms with Gasteiger partial charge in [0, 0.05) is 29.9 Å². The molecule has 0 spiro atoms. The molecule has 170 valence electrons. The smallest absolute Gasteiger partial charge is 0.261 e. The molecule has 0 fully saturated rings. The fourth-order valence-corrected chi connectivity index (χ4v) is 5.18. The van der Waals surface area contributed by atoms with Crippen LogP contribution in [0.3, 0.4) is 0 Å². The standard InChI is InChI=1S/C25H26N4O3S/c26-25(27)22-11-5-4-7-18(22)12-15-24(30)29-16-6-8-19-17-20(13-14-23(19)29)28-33(31,32)21-9-2-1-3-10-21/h1-5,7,9-11,13-14,17,28H,6,8,12,15-16H2,(H3,26,27). The molecule has 3 aromatic rings. The minimum Gasteiger partial charge on any atom is -0.384 e. The number of nitrogens with one attached hydrogen (secondary N) is 2. The molecule has 4 rings (SSSR count). The SMILES string of the molecule is N=C(N)c1ccccc1CCC(=O)N1CCCc2cc(NS(=O)(=O)c3ccccc3)ccc21. The Hall–Kier alpha value is -3.65. The van der Waals surface area contributed by atoms with Crippen molar-refractivity contribution in [3.63, 3.8) is 0 Å². The molecule has 1 aliphatic rings. The van der Waals surface area contributed by atoms with Gasteiger partial charge < -0.3 is 10.6 Å². The second-order valence-corrected chi connectivity index (χ2v) is 9.66. The second-order valence-electron chi connectivity index (χ2n) is 7.98. The molecule has 1 amide bonds. The van der Waals surface area contributed by atoms with Crippen molar-refractivity contribution in [1.29, 1.82) is 5.41 Å². The first-order chi connectivity index (χ1) is 15.8. The number of hydrogen-bond donors (Lipinski definition) is 3. The minimum atomic E-state index is -3.68. The summed E-state index contributed by atoms with van der Waals surface area (Å²) >= 11 is 0. The van der Waals surface area contributed by atoms with Gasteiger partial charge in [0.2, 0.25) is 5.91 Å². The van der Waals surface area contributed by atoms with Crippen LogP contribution in [0, 0.1) is 5.41 Å². The number of anilines is 2. The first-order valence-electron chi connectivity index (χ1n) is 10.8. The number of fused-ring (bicyclic) bond motifs is 1. The van der Waals surface area contributed by atoms with Crippen LogP contribution in [0.1, 0.15) is 29.5 Å². The summed E-state index contributed by atoms with van der Waals surface area (Å²) in [5.41, 5.74) is 9.41. The summed E-state index contributed by atoms with van der Waals surface area (Å²) in [5, 5.41) is 7.73. The first kappa shape index (κ1) is 22.5. The van der Waals surface area contributed by atoms with Crippen LogP contribution in [-0.2, 0) is 27.7 Å². The maximum absolute atomic E-state index is 13.0. The quantitative estimate of drug-likeness (QED) is 0.367. The van der Waals surface area contributed by atoms with Gasteiger partial charge in [-0.2, -0.15) is 0 Å². The van der Waals surface area contributed by atoms with Crippen LogP contribution in [0.15, 0.2) is 77.7 Å². The Balaban J connectivity index is 1.49. The Labute approximate surface area is 193 Å². The lowest BCUT2D eigenvalue weighted by Gasteiger charge is -2.30. The molecule has 0 aliphatic carbocycles.